The lowest BCUT2D eigenvalue weighted by molar-refractivity contribution is -0.135. The van der Waals surface area contributed by atoms with E-state index in [1.165, 1.54) is 18.4 Å². The van der Waals surface area contributed by atoms with Crippen molar-refractivity contribution in [2.45, 2.75) is 113 Å². The molecular formula is C48H61N9O6. The molecular weight excluding hydrogens is 799 g/mol. The van der Waals surface area contributed by atoms with E-state index in [4.69, 9.17) is 19.4 Å². The van der Waals surface area contributed by atoms with Crippen LogP contribution < -0.4 is 10.6 Å². The zero-order valence-electron chi connectivity index (χ0n) is 36.7. The second-order valence-electron chi connectivity index (χ2n) is 18.6. The fourth-order valence-electron chi connectivity index (χ4n) is 11.0. The number of benzene rings is 2. The van der Waals surface area contributed by atoms with Crippen LogP contribution in [-0.4, -0.2) is 111 Å². The van der Waals surface area contributed by atoms with Gasteiger partial charge in [-0.05, 0) is 92.2 Å². The van der Waals surface area contributed by atoms with Crippen LogP contribution in [-0.2, 0) is 29.9 Å². The van der Waals surface area contributed by atoms with Crippen molar-refractivity contribution >= 4 is 23.9 Å². The average Bonchev–Trinajstić information content (AvgIpc) is 4.18. The number of ether oxygens (including phenoxy) is 2. The number of morpholine rings is 1. The van der Waals surface area contributed by atoms with Crippen LogP contribution in [0.2, 0.25) is 0 Å². The van der Waals surface area contributed by atoms with Gasteiger partial charge in [-0.2, -0.15) is 0 Å². The fourth-order valence-corrected chi connectivity index (χ4v) is 11.0. The Labute approximate surface area is 369 Å². The first-order valence-corrected chi connectivity index (χ1v) is 22.9. The number of fused-ring (bicyclic) bond motifs is 3. The number of nitrogens with one attached hydrogen (secondary N) is 4. The molecule has 2 aromatic carbocycles. The zero-order chi connectivity index (χ0) is 43.7. The first-order chi connectivity index (χ1) is 30.6. The van der Waals surface area contributed by atoms with Gasteiger partial charge in [0, 0.05) is 43.5 Å². The molecule has 2 aromatic heterocycles. The minimum atomic E-state index is -0.867. The van der Waals surface area contributed by atoms with Crippen molar-refractivity contribution in [3.05, 3.63) is 95.5 Å². The third-order valence-corrected chi connectivity index (χ3v) is 14.9. The van der Waals surface area contributed by atoms with Crippen LogP contribution in [0.1, 0.15) is 125 Å². The third kappa shape index (κ3) is 8.31. The topological polar surface area (TPSA) is 178 Å². The Morgan fingerprint density at radius 1 is 0.746 bits per heavy atom. The van der Waals surface area contributed by atoms with Gasteiger partial charge in [0.2, 0.25) is 5.91 Å². The molecule has 63 heavy (non-hydrogen) atoms. The molecule has 15 heteroatoms. The molecule has 3 aliphatic carbocycles. The quantitative estimate of drug-likeness (QED) is 0.127. The number of imidazole rings is 2. The summed E-state index contributed by atoms with van der Waals surface area (Å²) in [7, 11) is 1.29. The smallest absolute Gasteiger partial charge is 0.407 e. The number of likely N-dealkylation sites (tertiary alicyclic amines) is 2. The summed E-state index contributed by atoms with van der Waals surface area (Å²) in [6.07, 6.45) is 13.1. The van der Waals surface area contributed by atoms with Crippen LogP contribution in [0.25, 0.3) is 11.3 Å². The molecule has 15 nitrogen and oxygen atoms in total. The number of carbonyl (C=O) groups is 4. The largest absolute Gasteiger partial charge is 0.453 e. The Morgan fingerprint density at radius 2 is 1.35 bits per heavy atom. The molecule has 2 bridgehead atoms. The van der Waals surface area contributed by atoms with Crippen LogP contribution in [0.15, 0.2) is 67.0 Å². The summed E-state index contributed by atoms with van der Waals surface area (Å²) in [5, 5.41) is 5.79. The summed E-state index contributed by atoms with van der Waals surface area (Å²) in [5.74, 6) is 1.30. The molecule has 4 aromatic rings. The van der Waals surface area contributed by atoms with Crippen molar-refractivity contribution in [1.29, 1.82) is 0 Å². The fraction of sp³-hybridized carbons (Fsp3) is 0.542. The van der Waals surface area contributed by atoms with E-state index in [9.17, 15) is 19.2 Å². The van der Waals surface area contributed by atoms with Crippen molar-refractivity contribution in [2.24, 2.45) is 5.92 Å². The van der Waals surface area contributed by atoms with Gasteiger partial charge in [0.25, 0.3) is 5.91 Å². The number of hydrogen-bond donors (Lipinski definition) is 4. The van der Waals surface area contributed by atoms with E-state index in [2.05, 4.69) is 44.9 Å². The van der Waals surface area contributed by atoms with Gasteiger partial charge in [0.1, 0.15) is 23.7 Å². The van der Waals surface area contributed by atoms with Crippen molar-refractivity contribution in [3.63, 3.8) is 0 Å². The van der Waals surface area contributed by atoms with Gasteiger partial charge in [-0.3, -0.25) is 9.59 Å². The number of alkyl carbamates (subject to hydrolysis) is 1. The first-order valence-electron chi connectivity index (χ1n) is 22.9. The van der Waals surface area contributed by atoms with Gasteiger partial charge in [-0.15, -0.1) is 0 Å². The number of hydrogen-bond acceptors (Lipinski definition) is 8. The number of nitrogens with zero attached hydrogens (tertiary/aromatic N) is 5. The van der Waals surface area contributed by atoms with Gasteiger partial charge in [-0.25, -0.2) is 19.6 Å². The highest BCUT2D eigenvalue weighted by molar-refractivity contribution is 5.88. The van der Waals surface area contributed by atoms with Gasteiger partial charge in [0.05, 0.1) is 44.3 Å². The average molecular weight is 860 g/mol. The van der Waals surface area contributed by atoms with Gasteiger partial charge in [0.15, 0.2) is 0 Å². The zero-order valence-corrected chi connectivity index (χ0v) is 36.7. The van der Waals surface area contributed by atoms with E-state index in [1.54, 1.807) is 4.90 Å². The number of H-pyrrole nitrogens is 2. The van der Waals surface area contributed by atoms with E-state index >= 15 is 0 Å². The Kier molecular flexibility index (Phi) is 12.0. The predicted octanol–water partition coefficient (Wildman–Crippen LogP) is 6.83. The second kappa shape index (κ2) is 17.8. The standard InChI is InChI=1S/C48H61N9O6/c1-31(2)39(53-45(60)55-25-27-63-28-26-55)43(58)56-23-8-12-37(56)42-50-30-38(52-42)48-20-17-47(18-21-48,19-22-48)34-15-13-32(14-16-34)35-29-49-41(51-35)36-11-7-24-57(36)44(59)40(54-46(61)62-3)33-9-5-4-6-10-33/h4-6,9-10,13-16,29-31,36-37,39-40H,7-8,11-12,17-28H2,1-3H3,(H,49,51)(H,50,52)(H,53,60)(H,54,61)/t36-,37-,39-,40+,47?,48?/m0/s1. The molecule has 3 saturated carbocycles. The maximum absolute atomic E-state index is 14.1. The number of rotatable bonds is 11. The molecule has 5 amide bonds. The highest BCUT2D eigenvalue weighted by Crippen LogP contribution is 2.58. The number of amides is 5. The first kappa shape index (κ1) is 42.6. The Balaban J connectivity index is 0.834. The molecule has 10 rings (SSSR count). The second-order valence-corrected chi connectivity index (χ2v) is 18.6. The molecule has 6 aliphatic rings. The Morgan fingerprint density at radius 3 is 1.98 bits per heavy atom. The van der Waals surface area contributed by atoms with Crippen molar-refractivity contribution < 1.29 is 28.7 Å². The lowest BCUT2D eigenvalue weighted by Crippen LogP contribution is -2.55. The summed E-state index contributed by atoms with van der Waals surface area (Å²) in [6, 6.07) is 16.2. The lowest BCUT2D eigenvalue weighted by Gasteiger charge is -2.53. The van der Waals surface area contributed by atoms with Crippen LogP contribution >= 0.6 is 0 Å². The van der Waals surface area contributed by atoms with E-state index in [1.807, 2.05) is 66.4 Å². The van der Waals surface area contributed by atoms with Gasteiger partial charge in [-0.1, -0.05) is 68.4 Å². The summed E-state index contributed by atoms with van der Waals surface area (Å²) in [4.78, 5) is 75.9. The predicted molar refractivity (Wildman–Crippen MR) is 235 cm³/mol. The molecule has 5 heterocycles. The molecule has 3 aliphatic heterocycles. The molecule has 6 fully saturated rings. The molecule has 0 radical (unpaired) electrons. The van der Waals surface area contributed by atoms with E-state index in [0.29, 0.717) is 45.0 Å². The number of urea groups is 1. The molecule has 4 N–H and O–H groups in total. The highest BCUT2D eigenvalue weighted by Gasteiger charge is 2.51. The maximum Gasteiger partial charge on any atom is 0.407 e. The molecule has 334 valence electrons. The summed E-state index contributed by atoms with van der Waals surface area (Å²) >= 11 is 0. The summed E-state index contributed by atoms with van der Waals surface area (Å²) in [5.41, 5.74) is 5.39. The summed E-state index contributed by atoms with van der Waals surface area (Å²) in [6.45, 7) is 7.27. The van der Waals surface area contributed by atoms with Crippen molar-refractivity contribution in [3.8, 4) is 11.3 Å². The van der Waals surface area contributed by atoms with Crippen LogP contribution in [0, 0.1) is 5.92 Å². The minimum Gasteiger partial charge on any atom is -0.453 e. The van der Waals surface area contributed by atoms with E-state index < -0.39 is 18.2 Å². The number of aromatic nitrogens is 4. The van der Waals surface area contributed by atoms with E-state index in [-0.39, 0.29) is 46.7 Å². The SMILES string of the molecule is COC(=O)N[C@@H](C(=O)N1CCC[C@H]1c1ncc(-c2ccc(C34CCC(c5cnc([C@@H]6CCCN6C(=O)[C@@H](NC(=O)N6CCOCC6)C(C)C)[nH]5)(CC3)CC4)cc2)[nH]1)c1ccccc1. The Bertz CT molecular complexity index is 2240. The minimum absolute atomic E-state index is 0.0414. The lowest BCUT2D eigenvalue weighted by atomic mass is 9.51. The van der Waals surface area contributed by atoms with E-state index in [0.717, 1.165) is 87.1 Å². The molecule has 0 unspecified atom stereocenters. The van der Waals surface area contributed by atoms with Crippen LogP contribution in [0.5, 0.6) is 0 Å². The normalized spacial score (nSPS) is 25.6. The number of aromatic amines is 2. The third-order valence-electron chi connectivity index (χ3n) is 14.9. The van der Waals surface area contributed by atoms with Crippen LogP contribution in [0.3, 0.4) is 0 Å². The van der Waals surface area contributed by atoms with Gasteiger partial charge >= 0.3 is 12.1 Å². The highest BCUT2D eigenvalue weighted by atomic mass is 16.5. The Hall–Kier alpha value is -5.70. The molecule has 4 atom stereocenters. The van der Waals surface area contributed by atoms with Crippen molar-refractivity contribution in [1.82, 2.24) is 45.3 Å². The number of carbonyl (C=O) groups excluding carboxylic acids is 4. The van der Waals surface area contributed by atoms with Gasteiger partial charge < -0.3 is 44.8 Å². The molecule has 3 saturated heterocycles. The summed E-state index contributed by atoms with van der Waals surface area (Å²) < 4.78 is 10.3. The maximum atomic E-state index is 14.1. The monoisotopic (exact) mass is 859 g/mol. The number of methoxy groups -OCH3 is 1. The van der Waals surface area contributed by atoms with Crippen LogP contribution in [0.4, 0.5) is 9.59 Å². The molecule has 0 spiro atoms. The van der Waals surface area contributed by atoms with Crippen molar-refractivity contribution in [2.75, 3.05) is 46.5 Å².